The van der Waals surface area contributed by atoms with Crippen LogP contribution in [-0.2, 0) is 0 Å². The zero-order valence-electron chi connectivity index (χ0n) is 13.8. The number of aromatic amines is 1. The van der Waals surface area contributed by atoms with E-state index < -0.39 is 0 Å². The Morgan fingerprint density at radius 2 is 2.12 bits per heavy atom. The average molecular weight is 326 g/mol. The normalized spacial score (nSPS) is 15.4. The van der Waals surface area contributed by atoms with Crippen molar-refractivity contribution in [3.8, 4) is 6.07 Å². The molecule has 3 rings (SSSR count). The zero-order chi connectivity index (χ0) is 17.1. The predicted molar refractivity (Wildman–Crippen MR) is 94.3 cm³/mol. The Labute approximate surface area is 140 Å². The lowest BCUT2D eigenvalue weighted by Gasteiger charge is -2.37. The van der Waals surface area contributed by atoms with Crippen molar-refractivity contribution in [2.24, 2.45) is 0 Å². The van der Waals surface area contributed by atoms with E-state index in [1.54, 1.807) is 0 Å². The number of pyridine rings is 1. The molecule has 126 valence electrons. The van der Waals surface area contributed by atoms with Crippen molar-refractivity contribution in [1.82, 2.24) is 10.3 Å². The average Bonchev–Trinajstić information content (AvgIpc) is 2.59. The summed E-state index contributed by atoms with van der Waals surface area (Å²) in [5, 5.41) is 23.3. The maximum absolute atomic E-state index is 12.4. The Bertz CT molecular complexity index is 831. The summed E-state index contributed by atoms with van der Waals surface area (Å²) in [6.07, 6.45) is 1.84. The fraction of sp³-hybridized carbons (Fsp3) is 0.444. The molecule has 24 heavy (non-hydrogen) atoms. The van der Waals surface area contributed by atoms with Crippen LogP contribution in [0.5, 0.6) is 0 Å². The van der Waals surface area contributed by atoms with E-state index in [4.69, 9.17) is 0 Å². The third kappa shape index (κ3) is 3.01. The van der Waals surface area contributed by atoms with Crippen LogP contribution in [0.15, 0.2) is 23.0 Å². The topological polar surface area (TPSA) is 92.2 Å². The summed E-state index contributed by atoms with van der Waals surface area (Å²) in [5.41, 5.74) is 2.17. The molecule has 0 bridgehead atoms. The van der Waals surface area contributed by atoms with Gasteiger partial charge in [0.1, 0.15) is 11.6 Å². The minimum Gasteiger partial charge on any atom is -0.395 e. The minimum atomic E-state index is -0.373. The first kappa shape index (κ1) is 16.5. The van der Waals surface area contributed by atoms with E-state index in [1.165, 1.54) is 0 Å². The molecule has 3 N–H and O–H groups in total. The van der Waals surface area contributed by atoms with Gasteiger partial charge in [-0.1, -0.05) is 12.1 Å². The minimum absolute atomic E-state index is 0.0189. The number of fused-ring (bicyclic) bond motifs is 1. The molecule has 0 amide bonds. The molecular weight excluding hydrogens is 304 g/mol. The molecule has 6 heteroatoms. The van der Waals surface area contributed by atoms with Crippen molar-refractivity contribution in [3.05, 3.63) is 39.7 Å². The number of aromatic nitrogens is 1. The third-order valence-electron chi connectivity index (χ3n) is 4.63. The highest BCUT2D eigenvalue weighted by Crippen LogP contribution is 2.31. The molecule has 2 aromatic rings. The monoisotopic (exact) mass is 326 g/mol. The molecule has 6 nitrogen and oxygen atoms in total. The summed E-state index contributed by atoms with van der Waals surface area (Å²) in [5.74, 6) is 0. The number of rotatable bonds is 4. The summed E-state index contributed by atoms with van der Waals surface area (Å²) in [4.78, 5) is 17.3. The number of anilines is 1. The van der Waals surface area contributed by atoms with Gasteiger partial charge in [0.05, 0.1) is 17.8 Å². The van der Waals surface area contributed by atoms with E-state index in [0.717, 1.165) is 42.4 Å². The molecule has 0 atom stereocenters. The quantitative estimate of drug-likeness (QED) is 0.787. The molecule has 0 radical (unpaired) electrons. The Hall–Kier alpha value is -2.36. The molecule has 0 saturated carbocycles. The standard InChI is InChI=1S/C18H22N4O2/c1-12-2-3-14-16(10-12)21-18(24)15(11-19)17(14)22(8-9-23)13-4-6-20-7-5-13/h2-3,10,13,20,23H,4-9H2,1H3,(H,21,24). The summed E-state index contributed by atoms with van der Waals surface area (Å²) >= 11 is 0. The van der Waals surface area contributed by atoms with Crippen LogP contribution in [0.25, 0.3) is 10.9 Å². The van der Waals surface area contributed by atoms with Gasteiger partial charge in [-0.15, -0.1) is 0 Å². The van der Waals surface area contributed by atoms with Gasteiger partial charge in [0, 0.05) is 18.0 Å². The summed E-state index contributed by atoms with van der Waals surface area (Å²) in [7, 11) is 0. The van der Waals surface area contributed by atoms with Gasteiger partial charge in [0.15, 0.2) is 0 Å². The number of aryl methyl sites for hydroxylation is 1. The number of hydrogen-bond donors (Lipinski definition) is 3. The van der Waals surface area contributed by atoms with Crippen LogP contribution < -0.4 is 15.8 Å². The second-order valence-electron chi connectivity index (χ2n) is 6.24. The van der Waals surface area contributed by atoms with Crippen LogP contribution in [0.2, 0.25) is 0 Å². The van der Waals surface area contributed by atoms with Crippen LogP contribution in [0.1, 0.15) is 24.0 Å². The van der Waals surface area contributed by atoms with Crippen LogP contribution in [0, 0.1) is 18.3 Å². The smallest absolute Gasteiger partial charge is 0.268 e. The fourth-order valence-corrected chi connectivity index (χ4v) is 3.50. The highest BCUT2D eigenvalue weighted by Gasteiger charge is 2.26. The van der Waals surface area contributed by atoms with E-state index in [1.807, 2.05) is 30.0 Å². The van der Waals surface area contributed by atoms with E-state index in [-0.39, 0.29) is 23.8 Å². The molecule has 1 aliphatic heterocycles. The maximum Gasteiger partial charge on any atom is 0.268 e. The Balaban J connectivity index is 2.23. The molecule has 1 saturated heterocycles. The fourth-order valence-electron chi connectivity index (χ4n) is 3.50. The SMILES string of the molecule is Cc1ccc2c(N(CCO)C3CCNCC3)c(C#N)c(=O)[nH]c2c1. The molecule has 0 unspecified atom stereocenters. The summed E-state index contributed by atoms with van der Waals surface area (Å²) in [6, 6.07) is 8.11. The number of nitrogens with one attached hydrogen (secondary N) is 2. The van der Waals surface area contributed by atoms with Crippen molar-refractivity contribution >= 4 is 16.6 Å². The van der Waals surface area contributed by atoms with Gasteiger partial charge in [-0.3, -0.25) is 4.79 Å². The first-order valence-corrected chi connectivity index (χ1v) is 8.30. The lowest BCUT2D eigenvalue weighted by molar-refractivity contribution is 0.291. The molecule has 1 aromatic carbocycles. The molecule has 1 fully saturated rings. The summed E-state index contributed by atoms with van der Waals surface area (Å²) < 4.78 is 0. The number of aliphatic hydroxyl groups excluding tert-OH is 1. The molecule has 2 heterocycles. The van der Waals surface area contributed by atoms with Crippen molar-refractivity contribution in [3.63, 3.8) is 0 Å². The zero-order valence-corrected chi connectivity index (χ0v) is 13.8. The van der Waals surface area contributed by atoms with E-state index in [0.29, 0.717) is 12.2 Å². The van der Waals surface area contributed by atoms with E-state index >= 15 is 0 Å². The Morgan fingerprint density at radius 3 is 2.79 bits per heavy atom. The molecule has 0 spiro atoms. The van der Waals surface area contributed by atoms with Gasteiger partial charge in [0.25, 0.3) is 5.56 Å². The lowest BCUT2D eigenvalue weighted by atomic mass is 10.00. The van der Waals surface area contributed by atoms with Crippen LogP contribution >= 0.6 is 0 Å². The highest BCUT2D eigenvalue weighted by atomic mass is 16.3. The van der Waals surface area contributed by atoms with Gasteiger partial charge >= 0.3 is 0 Å². The van der Waals surface area contributed by atoms with Crippen molar-refractivity contribution in [2.45, 2.75) is 25.8 Å². The number of benzene rings is 1. The van der Waals surface area contributed by atoms with Gasteiger partial charge in [0.2, 0.25) is 0 Å². The predicted octanol–water partition coefficient (Wildman–Crippen LogP) is 1.26. The molecule has 0 aliphatic carbocycles. The largest absolute Gasteiger partial charge is 0.395 e. The molecule has 1 aliphatic rings. The molecule has 1 aromatic heterocycles. The third-order valence-corrected chi connectivity index (χ3v) is 4.63. The number of aliphatic hydroxyl groups is 1. The Morgan fingerprint density at radius 1 is 1.38 bits per heavy atom. The Kier molecular flexibility index (Phi) is 4.84. The first-order valence-electron chi connectivity index (χ1n) is 8.30. The van der Waals surface area contributed by atoms with Crippen molar-refractivity contribution < 1.29 is 5.11 Å². The number of piperidine rings is 1. The molecular formula is C18H22N4O2. The van der Waals surface area contributed by atoms with Gasteiger partial charge in [-0.25, -0.2) is 0 Å². The number of nitriles is 1. The highest BCUT2D eigenvalue weighted by molar-refractivity contribution is 5.95. The second kappa shape index (κ2) is 7.04. The number of hydrogen-bond acceptors (Lipinski definition) is 5. The second-order valence-corrected chi connectivity index (χ2v) is 6.24. The van der Waals surface area contributed by atoms with E-state index in [2.05, 4.69) is 16.4 Å². The van der Waals surface area contributed by atoms with E-state index in [9.17, 15) is 15.2 Å². The van der Waals surface area contributed by atoms with Gasteiger partial charge in [-0.05, 0) is 44.5 Å². The number of nitrogens with zero attached hydrogens (tertiary/aromatic N) is 2. The van der Waals surface area contributed by atoms with Gasteiger partial charge in [-0.2, -0.15) is 5.26 Å². The number of H-pyrrole nitrogens is 1. The van der Waals surface area contributed by atoms with Crippen molar-refractivity contribution in [1.29, 1.82) is 5.26 Å². The maximum atomic E-state index is 12.4. The van der Waals surface area contributed by atoms with Gasteiger partial charge < -0.3 is 20.3 Å². The summed E-state index contributed by atoms with van der Waals surface area (Å²) in [6.45, 7) is 4.15. The lowest BCUT2D eigenvalue weighted by Crippen LogP contribution is -2.45. The van der Waals surface area contributed by atoms with Crippen LogP contribution in [0.4, 0.5) is 5.69 Å². The first-order chi connectivity index (χ1) is 11.7. The van der Waals surface area contributed by atoms with Crippen molar-refractivity contribution in [2.75, 3.05) is 31.1 Å². The van der Waals surface area contributed by atoms with Crippen LogP contribution in [-0.4, -0.2) is 42.4 Å². The van der Waals surface area contributed by atoms with Crippen LogP contribution in [0.3, 0.4) is 0 Å².